The van der Waals surface area contributed by atoms with Crippen LogP contribution >= 0.6 is 11.6 Å². The first kappa shape index (κ1) is 21.7. The molecule has 158 valence electrons. The summed E-state index contributed by atoms with van der Waals surface area (Å²) in [4.78, 5) is 25.2. The van der Waals surface area contributed by atoms with E-state index in [4.69, 9.17) is 16.3 Å². The molecule has 1 heterocycles. The van der Waals surface area contributed by atoms with Crippen molar-refractivity contribution >= 4 is 44.8 Å². The summed E-state index contributed by atoms with van der Waals surface area (Å²) < 4.78 is 31.3. The smallest absolute Gasteiger partial charge is 0.267 e. The molecule has 30 heavy (non-hydrogen) atoms. The average Bonchev–Trinajstić information content (AvgIpc) is 2.70. The summed E-state index contributed by atoms with van der Waals surface area (Å²) >= 11 is 5.98. The second-order valence-electron chi connectivity index (χ2n) is 6.55. The van der Waals surface area contributed by atoms with E-state index < -0.39 is 22.0 Å². The zero-order valence-electron chi connectivity index (χ0n) is 16.1. The van der Waals surface area contributed by atoms with Gasteiger partial charge in [-0.1, -0.05) is 29.8 Å². The van der Waals surface area contributed by atoms with Crippen LogP contribution in [-0.4, -0.2) is 45.7 Å². The Hall–Kier alpha value is -3.04. The van der Waals surface area contributed by atoms with Gasteiger partial charge in [0.25, 0.3) is 11.8 Å². The number of hydrogen-bond acceptors (Lipinski definition) is 5. The number of para-hydroxylation sites is 1. The number of halogens is 1. The van der Waals surface area contributed by atoms with E-state index in [0.717, 1.165) is 10.6 Å². The highest BCUT2D eigenvalue weighted by atomic mass is 35.5. The molecule has 3 rings (SSSR count). The van der Waals surface area contributed by atoms with E-state index in [-0.39, 0.29) is 41.7 Å². The van der Waals surface area contributed by atoms with Crippen molar-refractivity contribution in [2.75, 3.05) is 29.0 Å². The number of anilines is 2. The first-order chi connectivity index (χ1) is 14.2. The van der Waals surface area contributed by atoms with Gasteiger partial charge in [0.1, 0.15) is 5.75 Å². The molecule has 10 heteroatoms. The molecule has 1 unspecified atom stereocenters. The Labute approximate surface area is 179 Å². The van der Waals surface area contributed by atoms with Crippen LogP contribution in [0.3, 0.4) is 0 Å². The van der Waals surface area contributed by atoms with Gasteiger partial charge < -0.3 is 15.4 Å². The molecule has 0 saturated carbocycles. The summed E-state index contributed by atoms with van der Waals surface area (Å²) in [6, 6.07) is 11.0. The topological polar surface area (TPSA) is 105 Å². The van der Waals surface area contributed by atoms with Crippen molar-refractivity contribution < 1.29 is 22.7 Å². The molecule has 1 atom stereocenters. The summed E-state index contributed by atoms with van der Waals surface area (Å²) in [5, 5.41) is 5.64. The molecular weight excluding hydrogens is 430 g/mol. The number of fused-ring (bicyclic) bond motifs is 1. The number of carbonyl (C=O) groups excluding carboxylic acids is 2. The van der Waals surface area contributed by atoms with Crippen molar-refractivity contribution in [3.8, 4) is 5.75 Å². The molecule has 0 spiro atoms. The van der Waals surface area contributed by atoms with Crippen LogP contribution < -0.4 is 19.7 Å². The van der Waals surface area contributed by atoms with Gasteiger partial charge in [0.2, 0.25) is 10.0 Å². The van der Waals surface area contributed by atoms with Crippen molar-refractivity contribution in [2.24, 2.45) is 0 Å². The zero-order chi connectivity index (χ0) is 21.9. The summed E-state index contributed by atoms with van der Waals surface area (Å²) in [7, 11) is -3.69. The fraction of sp³-hybridized carbons (Fsp3) is 0.200. The normalized spacial score (nSPS) is 15.5. The van der Waals surface area contributed by atoms with Crippen molar-refractivity contribution in [3.05, 3.63) is 65.7 Å². The minimum absolute atomic E-state index is 0.216. The van der Waals surface area contributed by atoms with Gasteiger partial charge in [-0.05, 0) is 30.3 Å². The van der Waals surface area contributed by atoms with Crippen LogP contribution in [0, 0.1) is 0 Å². The minimum Gasteiger partial charge on any atom is -0.476 e. The largest absolute Gasteiger partial charge is 0.476 e. The number of carbonyl (C=O) groups is 2. The number of rotatable bonds is 6. The Morgan fingerprint density at radius 2 is 2.03 bits per heavy atom. The lowest BCUT2D eigenvalue weighted by molar-refractivity contribution is -0.122. The van der Waals surface area contributed by atoms with Crippen molar-refractivity contribution in [2.45, 2.75) is 6.10 Å². The van der Waals surface area contributed by atoms with E-state index in [1.54, 1.807) is 36.4 Å². The number of sulfonamides is 1. The van der Waals surface area contributed by atoms with E-state index in [1.165, 1.54) is 12.1 Å². The van der Waals surface area contributed by atoms with Crippen molar-refractivity contribution in [1.82, 2.24) is 5.32 Å². The lowest BCUT2D eigenvalue weighted by Gasteiger charge is -2.34. The second kappa shape index (κ2) is 8.76. The lowest BCUT2D eigenvalue weighted by Crippen LogP contribution is -2.48. The maximum absolute atomic E-state index is 12.9. The fourth-order valence-electron chi connectivity index (χ4n) is 2.94. The number of hydrogen-bond donors (Lipinski definition) is 2. The van der Waals surface area contributed by atoms with E-state index in [1.807, 2.05) is 0 Å². The predicted molar refractivity (Wildman–Crippen MR) is 116 cm³/mol. The third-order valence-electron chi connectivity index (χ3n) is 4.32. The quantitative estimate of drug-likeness (QED) is 0.659. The van der Waals surface area contributed by atoms with E-state index in [9.17, 15) is 18.0 Å². The van der Waals surface area contributed by atoms with Crippen molar-refractivity contribution in [1.29, 1.82) is 0 Å². The zero-order valence-corrected chi connectivity index (χ0v) is 17.7. The van der Waals surface area contributed by atoms with Crippen LogP contribution in [0.15, 0.2) is 55.1 Å². The molecule has 0 bridgehead atoms. The molecule has 0 radical (unpaired) electrons. The number of ether oxygens (including phenoxy) is 1. The van der Waals surface area contributed by atoms with Crippen LogP contribution in [0.4, 0.5) is 11.4 Å². The number of amides is 2. The third kappa shape index (κ3) is 4.74. The Bertz CT molecular complexity index is 1100. The third-order valence-corrected chi connectivity index (χ3v) is 5.70. The highest BCUT2D eigenvalue weighted by Crippen LogP contribution is 2.37. The van der Waals surface area contributed by atoms with E-state index in [0.29, 0.717) is 5.02 Å². The number of nitrogens with zero attached hydrogens (tertiary/aromatic N) is 1. The molecule has 2 aromatic rings. The van der Waals surface area contributed by atoms with E-state index >= 15 is 0 Å². The monoisotopic (exact) mass is 449 g/mol. The van der Waals surface area contributed by atoms with Gasteiger partial charge in [0.05, 0.1) is 29.7 Å². The molecule has 0 aromatic heterocycles. The maximum Gasteiger partial charge on any atom is 0.267 e. The molecule has 2 amide bonds. The van der Waals surface area contributed by atoms with Gasteiger partial charge in [-0.3, -0.25) is 13.9 Å². The fourth-order valence-corrected chi connectivity index (χ4v) is 4.01. The predicted octanol–water partition coefficient (Wildman–Crippen LogP) is 2.42. The van der Waals surface area contributed by atoms with Crippen LogP contribution in [0.5, 0.6) is 5.75 Å². The maximum atomic E-state index is 12.9. The number of nitrogens with one attached hydrogen (secondary N) is 2. The van der Waals surface area contributed by atoms with Crippen LogP contribution in [-0.2, 0) is 14.8 Å². The summed E-state index contributed by atoms with van der Waals surface area (Å²) in [6.45, 7) is 3.59. The Morgan fingerprint density at radius 1 is 1.30 bits per heavy atom. The molecular formula is C20H20ClN3O5S. The van der Waals surface area contributed by atoms with Gasteiger partial charge in [0, 0.05) is 11.6 Å². The Balaban J connectivity index is 1.86. The number of benzene rings is 2. The highest BCUT2D eigenvalue weighted by Gasteiger charge is 2.35. The van der Waals surface area contributed by atoms with Gasteiger partial charge in [0.15, 0.2) is 6.10 Å². The molecule has 0 fully saturated rings. The summed E-state index contributed by atoms with van der Waals surface area (Å²) in [5.41, 5.74) is 0.800. The van der Waals surface area contributed by atoms with Crippen LogP contribution in [0.1, 0.15) is 10.4 Å². The molecule has 2 N–H and O–H groups in total. The van der Waals surface area contributed by atoms with Crippen molar-refractivity contribution in [3.63, 3.8) is 0 Å². The molecule has 1 aliphatic rings. The molecule has 2 aromatic carbocycles. The van der Waals surface area contributed by atoms with Gasteiger partial charge >= 0.3 is 0 Å². The standard InChI is InChI=1S/C20H20ClN3O5S/c1-3-10-22-19(25)14-6-4-5-7-15(14)23-20(26)18-12-24(30(2,27)28)16-11-13(21)8-9-17(16)29-18/h3-9,11,18H,1,10,12H2,2H3,(H,22,25)(H,23,26). The molecule has 8 nitrogen and oxygen atoms in total. The van der Waals surface area contributed by atoms with Gasteiger partial charge in [-0.25, -0.2) is 8.42 Å². The minimum atomic E-state index is -3.69. The SMILES string of the molecule is C=CCNC(=O)c1ccccc1NC(=O)C1CN(S(C)(=O)=O)c2cc(Cl)ccc2O1. The Kier molecular flexibility index (Phi) is 6.33. The molecule has 0 aliphatic carbocycles. The van der Waals surface area contributed by atoms with Gasteiger partial charge in [-0.2, -0.15) is 0 Å². The molecule has 1 aliphatic heterocycles. The summed E-state index contributed by atoms with van der Waals surface area (Å²) in [5.74, 6) is -0.755. The second-order valence-corrected chi connectivity index (χ2v) is 8.89. The van der Waals surface area contributed by atoms with Crippen LogP contribution in [0.25, 0.3) is 0 Å². The van der Waals surface area contributed by atoms with Crippen LogP contribution in [0.2, 0.25) is 5.02 Å². The first-order valence-electron chi connectivity index (χ1n) is 8.93. The first-order valence-corrected chi connectivity index (χ1v) is 11.2. The lowest BCUT2D eigenvalue weighted by atomic mass is 10.1. The highest BCUT2D eigenvalue weighted by molar-refractivity contribution is 7.92. The Morgan fingerprint density at radius 3 is 2.73 bits per heavy atom. The average molecular weight is 450 g/mol. The summed E-state index contributed by atoms with van der Waals surface area (Å²) in [6.07, 6.45) is 1.45. The molecule has 0 saturated heterocycles. The van der Waals surface area contributed by atoms with E-state index in [2.05, 4.69) is 17.2 Å². The van der Waals surface area contributed by atoms with Gasteiger partial charge in [-0.15, -0.1) is 6.58 Å².